The Bertz CT molecular complexity index is 1040. The Labute approximate surface area is 165 Å². The number of nitrogens with zero attached hydrogens (tertiary/aromatic N) is 5. The van der Waals surface area contributed by atoms with Gasteiger partial charge in [0.25, 0.3) is 11.8 Å². The van der Waals surface area contributed by atoms with E-state index in [9.17, 15) is 18.8 Å². The third-order valence-corrected chi connectivity index (χ3v) is 4.78. The van der Waals surface area contributed by atoms with Gasteiger partial charge in [-0.3, -0.25) is 29.3 Å². The fraction of sp³-hybridized carbons (Fsp3) is 0.263. The van der Waals surface area contributed by atoms with Crippen molar-refractivity contribution < 1.29 is 18.8 Å². The second-order valence-electron chi connectivity index (χ2n) is 6.75. The summed E-state index contributed by atoms with van der Waals surface area (Å²) in [7, 11) is 1.44. The number of hydrogen-bond donors (Lipinski definition) is 1. The molecule has 0 saturated carbocycles. The van der Waals surface area contributed by atoms with Crippen molar-refractivity contribution in [2.75, 3.05) is 25.5 Å². The normalized spacial score (nSPS) is 16.3. The lowest BCUT2D eigenvalue weighted by Gasteiger charge is -2.28. The molecule has 0 saturated heterocycles. The summed E-state index contributed by atoms with van der Waals surface area (Å²) in [5.41, 5.74) is 1.65. The number of pyridine rings is 1. The summed E-state index contributed by atoms with van der Waals surface area (Å²) in [6.07, 6.45) is 6.54. The van der Waals surface area contributed by atoms with E-state index in [1.54, 1.807) is 4.90 Å². The number of nitrogens with one attached hydrogen (secondary N) is 1. The van der Waals surface area contributed by atoms with E-state index in [1.165, 1.54) is 31.7 Å². The highest BCUT2D eigenvalue weighted by molar-refractivity contribution is 6.19. The molecule has 3 amide bonds. The molecule has 2 aliphatic rings. The lowest BCUT2D eigenvalue weighted by Crippen LogP contribution is -2.38. The van der Waals surface area contributed by atoms with E-state index in [1.807, 2.05) is 0 Å². The molecule has 0 bridgehead atoms. The second-order valence-corrected chi connectivity index (χ2v) is 6.75. The van der Waals surface area contributed by atoms with E-state index in [2.05, 4.69) is 20.3 Å². The highest BCUT2D eigenvalue weighted by Gasteiger charge is 2.40. The number of rotatable bonds is 4. The van der Waals surface area contributed by atoms with E-state index in [0.29, 0.717) is 41.9 Å². The number of imide groups is 1. The molecular weight excluding hydrogens is 379 g/mol. The molecule has 2 aromatic rings. The standard InChI is InChI=1S/C19H17FN6O3/c1-25-18(28)13-3-2-4-26(17(13)19(25)29)10-16(27)24-15-9-22-14(8-23-15)11-5-12(20)7-21-6-11/h5-9H,2-4,10H2,1H3,(H,23,24,27). The van der Waals surface area contributed by atoms with Crippen LogP contribution in [0.2, 0.25) is 0 Å². The highest BCUT2D eigenvalue weighted by Crippen LogP contribution is 2.30. The van der Waals surface area contributed by atoms with Crippen LogP contribution < -0.4 is 5.32 Å². The Morgan fingerprint density at radius 1 is 1.17 bits per heavy atom. The van der Waals surface area contributed by atoms with Gasteiger partial charge < -0.3 is 10.2 Å². The minimum atomic E-state index is -0.484. The van der Waals surface area contributed by atoms with Gasteiger partial charge >= 0.3 is 0 Å². The first-order chi connectivity index (χ1) is 13.9. The van der Waals surface area contributed by atoms with E-state index >= 15 is 0 Å². The minimum absolute atomic E-state index is 0.0804. The van der Waals surface area contributed by atoms with Gasteiger partial charge in [-0.15, -0.1) is 0 Å². The fourth-order valence-electron chi connectivity index (χ4n) is 3.40. The molecule has 10 heteroatoms. The molecule has 0 atom stereocenters. The number of likely N-dealkylation sites (N-methyl/N-ethyl adjacent to an activating group) is 1. The van der Waals surface area contributed by atoms with Gasteiger partial charge in [0, 0.05) is 30.9 Å². The van der Waals surface area contributed by atoms with Gasteiger partial charge in [-0.1, -0.05) is 0 Å². The summed E-state index contributed by atoms with van der Waals surface area (Å²) < 4.78 is 13.3. The summed E-state index contributed by atoms with van der Waals surface area (Å²) in [4.78, 5) is 51.6. The third kappa shape index (κ3) is 3.56. The van der Waals surface area contributed by atoms with E-state index in [0.717, 1.165) is 11.1 Å². The molecule has 0 unspecified atom stereocenters. The van der Waals surface area contributed by atoms with Crippen molar-refractivity contribution in [3.63, 3.8) is 0 Å². The molecule has 0 spiro atoms. The van der Waals surface area contributed by atoms with E-state index in [-0.39, 0.29) is 30.1 Å². The van der Waals surface area contributed by atoms with Crippen molar-refractivity contribution in [2.24, 2.45) is 0 Å². The SMILES string of the molecule is CN1C(=O)C2=C(C1=O)N(CC(=O)Nc1cnc(-c3cncc(F)c3)cn1)CCC2. The molecule has 4 rings (SSSR count). The van der Waals surface area contributed by atoms with Crippen LogP contribution >= 0.6 is 0 Å². The molecule has 0 radical (unpaired) electrons. The number of anilines is 1. The lowest BCUT2D eigenvalue weighted by atomic mass is 10.0. The maximum Gasteiger partial charge on any atom is 0.277 e. The van der Waals surface area contributed by atoms with Crippen LogP contribution in [0.25, 0.3) is 11.3 Å². The van der Waals surface area contributed by atoms with E-state index < -0.39 is 5.82 Å². The van der Waals surface area contributed by atoms with Crippen LogP contribution in [0.1, 0.15) is 12.8 Å². The molecule has 1 N–H and O–H groups in total. The maximum atomic E-state index is 13.3. The number of aromatic nitrogens is 3. The number of amides is 3. The first-order valence-corrected chi connectivity index (χ1v) is 8.97. The average Bonchev–Trinajstić information content (AvgIpc) is 2.93. The van der Waals surface area contributed by atoms with Gasteiger partial charge in [0.1, 0.15) is 11.5 Å². The second kappa shape index (κ2) is 7.38. The summed E-state index contributed by atoms with van der Waals surface area (Å²) in [6, 6.07) is 1.29. The lowest BCUT2D eigenvalue weighted by molar-refractivity contribution is -0.136. The number of carbonyl (C=O) groups is 3. The Balaban J connectivity index is 1.44. The molecule has 29 heavy (non-hydrogen) atoms. The molecule has 9 nitrogen and oxygen atoms in total. The van der Waals surface area contributed by atoms with Crippen molar-refractivity contribution in [1.82, 2.24) is 24.8 Å². The van der Waals surface area contributed by atoms with Crippen molar-refractivity contribution in [1.29, 1.82) is 0 Å². The van der Waals surface area contributed by atoms with Crippen LogP contribution in [0.4, 0.5) is 10.2 Å². The summed E-state index contributed by atoms with van der Waals surface area (Å²) in [5, 5.41) is 2.62. The number of halogens is 1. The van der Waals surface area contributed by atoms with Gasteiger partial charge in [-0.2, -0.15) is 0 Å². The van der Waals surface area contributed by atoms with E-state index in [4.69, 9.17) is 0 Å². The summed E-state index contributed by atoms with van der Waals surface area (Å²) in [6.45, 7) is 0.430. The van der Waals surface area contributed by atoms with Crippen LogP contribution in [0.15, 0.2) is 42.1 Å². The summed E-state index contributed by atoms with van der Waals surface area (Å²) in [5.74, 6) is -1.33. The molecule has 0 aliphatic carbocycles. The molecule has 4 heterocycles. The van der Waals surface area contributed by atoms with Crippen molar-refractivity contribution in [3.05, 3.63) is 47.9 Å². The predicted molar refractivity (Wildman–Crippen MR) is 99.5 cm³/mol. The Morgan fingerprint density at radius 2 is 2.00 bits per heavy atom. The fourth-order valence-corrected chi connectivity index (χ4v) is 3.40. The zero-order valence-corrected chi connectivity index (χ0v) is 15.6. The first-order valence-electron chi connectivity index (χ1n) is 8.97. The van der Waals surface area contributed by atoms with Crippen LogP contribution in [0.5, 0.6) is 0 Å². The Morgan fingerprint density at radius 3 is 2.72 bits per heavy atom. The first kappa shape index (κ1) is 18.7. The molecular formula is C19H17FN6O3. The third-order valence-electron chi connectivity index (χ3n) is 4.78. The van der Waals surface area contributed by atoms with Crippen LogP contribution in [-0.4, -0.2) is 62.6 Å². The molecule has 2 aromatic heterocycles. The van der Waals surface area contributed by atoms with Gasteiger partial charge in [0.15, 0.2) is 5.82 Å². The monoisotopic (exact) mass is 396 g/mol. The van der Waals surface area contributed by atoms with Crippen molar-refractivity contribution >= 4 is 23.5 Å². The Hall–Kier alpha value is -3.69. The van der Waals surface area contributed by atoms with Gasteiger partial charge in [0.2, 0.25) is 5.91 Å². The average molecular weight is 396 g/mol. The molecule has 0 fully saturated rings. The smallest absolute Gasteiger partial charge is 0.277 e. The number of hydrogen-bond acceptors (Lipinski definition) is 7. The quantitative estimate of drug-likeness (QED) is 0.767. The highest BCUT2D eigenvalue weighted by atomic mass is 19.1. The van der Waals surface area contributed by atoms with Crippen LogP contribution in [-0.2, 0) is 14.4 Å². The van der Waals surface area contributed by atoms with Gasteiger partial charge in [-0.25, -0.2) is 9.37 Å². The van der Waals surface area contributed by atoms with Crippen molar-refractivity contribution in [3.8, 4) is 11.3 Å². The minimum Gasteiger partial charge on any atom is -0.357 e. The van der Waals surface area contributed by atoms with Crippen molar-refractivity contribution in [2.45, 2.75) is 12.8 Å². The molecule has 2 aliphatic heterocycles. The largest absolute Gasteiger partial charge is 0.357 e. The van der Waals surface area contributed by atoms with Gasteiger partial charge in [-0.05, 0) is 18.9 Å². The molecule has 0 aromatic carbocycles. The summed E-state index contributed by atoms with van der Waals surface area (Å²) >= 11 is 0. The topological polar surface area (TPSA) is 108 Å². The van der Waals surface area contributed by atoms with Crippen LogP contribution in [0.3, 0.4) is 0 Å². The zero-order valence-electron chi connectivity index (χ0n) is 15.6. The van der Waals surface area contributed by atoms with Gasteiger partial charge in [0.05, 0.1) is 30.8 Å². The predicted octanol–water partition coefficient (Wildman–Crippen LogP) is 0.965. The van der Waals surface area contributed by atoms with Crippen LogP contribution in [0, 0.1) is 5.82 Å². The zero-order chi connectivity index (χ0) is 20.5. The maximum absolute atomic E-state index is 13.3. The Kier molecular flexibility index (Phi) is 4.75. The number of carbonyl (C=O) groups excluding carboxylic acids is 3. The molecule has 148 valence electrons.